The number of nitrogens with one attached hydrogen (secondary N) is 1. The number of thioether (sulfide) groups is 1. The minimum atomic E-state index is -0.163. The molecule has 0 atom stereocenters. The number of rotatable bonds is 7. The summed E-state index contributed by atoms with van der Waals surface area (Å²) in [6.07, 6.45) is 1.72. The van der Waals surface area contributed by atoms with Crippen molar-refractivity contribution in [3.05, 3.63) is 99.7 Å². The summed E-state index contributed by atoms with van der Waals surface area (Å²) in [7, 11) is 0. The lowest BCUT2D eigenvalue weighted by molar-refractivity contribution is -0.118. The number of hydrogen-bond donors (Lipinski definition) is 1. The Morgan fingerprint density at radius 2 is 1.66 bits per heavy atom. The molecule has 0 aliphatic heterocycles. The molecule has 0 spiro atoms. The Balaban J connectivity index is 1.48. The quantitative estimate of drug-likeness (QED) is 0.185. The van der Waals surface area contributed by atoms with Gasteiger partial charge in [-0.2, -0.15) is 5.10 Å². The summed E-state index contributed by atoms with van der Waals surface area (Å²) in [5.41, 5.74) is 6.97. The molecular weight excluding hydrogens is 461 g/mol. The van der Waals surface area contributed by atoms with Crippen LogP contribution in [0.1, 0.15) is 16.8 Å². The number of amides is 1. The van der Waals surface area contributed by atoms with E-state index in [4.69, 9.17) is 23.2 Å². The van der Waals surface area contributed by atoms with Crippen LogP contribution in [0.15, 0.2) is 82.8 Å². The number of nitrogens with zero attached hydrogens (tertiary/aromatic N) is 2. The number of aromatic nitrogens is 1. The number of hydrogen-bond acceptors (Lipinski definition) is 3. The van der Waals surface area contributed by atoms with E-state index in [0.717, 1.165) is 44.2 Å². The Hall–Kier alpha value is -2.73. The van der Waals surface area contributed by atoms with E-state index < -0.39 is 0 Å². The van der Waals surface area contributed by atoms with Crippen LogP contribution in [0.2, 0.25) is 10.0 Å². The number of carbonyl (C=O) groups is 1. The lowest BCUT2D eigenvalue weighted by atomic mass is 10.1. The number of para-hydroxylation sites is 1. The van der Waals surface area contributed by atoms with E-state index in [1.807, 2.05) is 60.7 Å². The van der Waals surface area contributed by atoms with Gasteiger partial charge in [0.05, 0.1) is 12.0 Å². The number of hydrazone groups is 1. The summed E-state index contributed by atoms with van der Waals surface area (Å²) in [6.45, 7) is 2.79. The predicted molar refractivity (Wildman–Crippen MR) is 135 cm³/mol. The average Bonchev–Trinajstić information content (AvgIpc) is 3.06. The van der Waals surface area contributed by atoms with E-state index in [0.29, 0.717) is 5.02 Å². The Morgan fingerprint density at radius 1 is 1.00 bits per heavy atom. The summed E-state index contributed by atoms with van der Waals surface area (Å²) in [5.74, 6) is 0.111. The molecule has 0 saturated heterocycles. The average molecular weight is 482 g/mol. The second-order valence-electron chi connectivity index (χ2n) is 7.26. The van der Waals surface area contributed by atoms with Crippen LogP contribution in [0.3, 0.4) is 0 Å². The third-order valence-electron chi connectivity index (χ3n) is 5.10. The van der Waals surface area contributed by atoms with Gasteiger partial charge in [-0.05, 0) is 55.0 Å². The molecule has 3 aromatic carbocycles. The van der Waals surface area contributed by atoms with Crippen molar-refractivity contribution in [2.75, 3.05) is 5.75 Å². The van der Waals surface area contributed by atoms with Gasteiger partial charge in [0.1, 0.15) is 0 Å². The monoisotopic (exact) mass is 481 g/mol. The van der Waals surface area contributed by atoms with Crippen LogP contribution in [-0.4, -0.2) is 22.4 Å². The minimum absolute atomic E-state index is 0.163. The fraction of sp³-hybridized carbons (Fsp3) is 0.120. The molecule has 0 unspecified atom stereocenters. The first kappa shape index (κ1) is 22.5. The first-order valence-corrected chi connectivity index (χ1v) is 11.8. The van der Waals surface area contributed by atoms with Crippen molar-refractivity contribution in [1.29, 1.82) is 0 Å². The Kier molecular flexibility index (Phi) is 7.20. The highest BCUT2D eigenvalue weighted by Gasteiger charge is 2.13. The summed E-state index contributed by atoms with van der Waals surface area (Å²) < 4.78 is 2.25. The minimum Gasteiger partial charge on any atom is -0.340 e. The highest BCUT2D eigenvalue weighted by molar-refractivity contribution is 8.00. The summed E-state index contributed by atoms with van der Waals surface area (Å²) in [6, 6.07) is 23.5. The van der Waals surface area contributed by atoms with Crippen LogP contribution < -0.4 is 5.43 Å². The lowest BCUT2D eigenvalue weighted by Gasteiger charge is -2.09. The fourth-order valence-corrected chi connectivity index (χ4v) is 4.42. The second-order valence-corrected chi connectivity index (χ2v) is 9.19. The van der Waals surface area contributed by atoms with Gasteiger partial charge in [0.25, 0.3) is 0 Å². The van der Waals surface area contributed by atoms with Crippen LogP contribution in [0.4, 0.5) is 0 Å². The molecule has 1 heterocycles. The highest BCUT2D eigenvalue weighted by atomic mass is 35.5. The van der Waals surface area contributed by atoms with Crippen molar-refractivity contribution in [3.63, 3.8) is 0 Å². The molecule has 0 saturated carbocycles. The number of halogens is 2. The predicted octanol–water partition coefficient (Wildman–Crippen LogP) is 6.55. The molecule has 0 radical (unpaired) electrons. The molecule has 1 amide bonds. The van der Waals surface area contributed by atoms with Crippen molar-refractivity contribution >= 4 is 58.0 Å². The van der Waals surface area contributed by atoms with Crippen LogP contribution in [-0.2, 0) is 11.3 Å². The molecule has 32 heavy (non-hydrogen) atoms. The van der Waals surface area contributed by atoms with E-state index >= 15 is 0 Å². The zero-order chi connectivity index (χ0) is 22.5. The van der Waals surface area contributed by atoms with Gasteiger partial charge in [-0.3, -0.25) is 4.79 Å². The topological polar surface area (TPSA) is 46.4 Å². The molecule has 0 aliphatic carbocycles. The van der Waals surface area contributed by atoms with Gasteiger partial charge < -0.3 is 4.57 Å². The maximum absolute atomic E-state index is 12.2. The standard InChI is InChI=1S/C25H21Cl2N3OS/c1-17-23(14-28-29-25(31)16-32-21-12-10-20(27)11-13-21)22-4-2-3-5-24(22)30(17)15-18-6-8-19(26)9-7-18/h2-14H,15-16H2,1H3,(H,29,31)/b28-14-. The van der Waals surface area contributed by atoms with E-state index in [1.54, 1.807) is 6.21 Å². The maximum Gasteiger partial charge on any atom is 0.250 e. The molecule has 1 N–H and O–H groups in total. The molecular formula is C25H21Cl2N3OS. The van der Waals surface area contributed by atoms with Gasteiger partial charge >= 0.3 is 0 Å². The Labute approximate surface area is 201 Å². The van der Waals surface area contributed by atoms with E-state index in [2.05, 4.69) is 34.2 Å². The molecule has 0 fully saturated rings. The first-order chi connectivity index (χ1) is 15.5. The zero-order valence-corrected chi connectivity index (χ0v) is 19.7. The normalized spacial score (nSPS) is 11.3. The Bertz CT molecular complexity index is 1270. The molecule has 4 nitrogen and oxygen atoms in total. The zero-order valence-electron chi connectivity index (χ0n) is 17.4. The summed E-state index contributed by atoms with van der Waals surface area (Å²) in [4.78, 5) is 13.2. The highest BCUT2D eigenvalue weighted by Crippen LogP contribution is 2.26. The van der Waals surface area contributed by atoms with Crippen molar-refractivity contribution in [3.8, 4) is 0 Å². The number of carbonyl (C=O) groups excluding carboxylic acids is 1. The third-order valence-corrected chi connectivity index (χ3v) is 6.62. The summed E-state index contributed by atoms with van der Waals surface area (Å²) in [5, 5.41) is 6.71. The molecule has 4 aromatic rings. The SMILES string of the molecule is Cc1c(/C=N\NC(=O)CSc2ccc(Cl)cc2)c2ccccc2n1Cc1ccc(Cl)cc1. The van der Waals surface area contributed by atoms with Gasteiger partial charge in [0, 0.05) is 43.6 Å². The largest absolute Gasteiger partial charge is 0.340 e. The molecule has 0 aliphatic rings. The van der Waals surface area contributed by atoms with Gasteiger partial charge in [0.2, 0.25) is 5.91 Å². The van der Waals surface area contributed by atoms with Crippen molar-refractivity contribution in [1.82, 2.24) is 9.99 Å². The van der Waals surface area contributed by atoms with Crippen LogP contribution in [0, 0.1) is 6.92 Å². The molecule has 162 valence electrons. The second kappa shape index (κ2) is 10.3. The van der Waals surface area contributed by atoms with Crippen molar-refractivity contribution in [2.45, 2.75) is 18.4 Å². The van der Waals surface area contributed by atoms with Crippen LogP contribution in [0.25, 0.3) is 10.9 Å². The fourth-order valence-electron chi connectivity index (χ4n) is 3.48. The lowest BCUT2D eigenvalue weighted by Crippen LogP contribution is -2.19. The van der Waals surface area contributed by atoms with Crippen molar-refractivity contribution < 1.29 is 4.79 Å². The van der Waals surface area contributed by atoms with E-state index in [-0.39, 0.29) is 11.7 Å². The summed E-state index contributed by atoms with van der Waals surface area (Å²) >= 11 is 13.4. The maximum atomic E-state index is 12.2. The Morgan fingerprint density at radius 3 is 2.38 bits per heavy atom. The van der Waals surface area contributed by atoms with Crippen molar-refractivity contribution in [2.24, 2.45) is 5.10 Å². The van der Waals surface area contributed by atoms with Crippen LogP contribution >= 0.6 is 35.0 Å². The molecule has 7 heteroatoms. The smallest absolute Gasteiger partial charge is 0.250 e. The number of fused-ring (bicyclic) bond motifs is 1. The van der Waals surface area contributed by atoms with Gasteiger partial charge in [0.15, 0.2) is 0 Å². The van der Waals surface area contributed by atoms with Gasteiger partial charge in [-0.1, -0.05) is 53.5 Å². The third kappa shape index (κ3) is 5.36. The van der Waals surface area contributed by atoms with Gasteiger partial charge in [-0.15, -0.1) is 11.8 Å². The van der Waals surface area contributed by atoms with E-state index in [1.165, 1.54) is 11.8 Å². The molecule has 1 aromatic heterocycles. The number of benzene rings is 3. The first-order valence-electron chi connectivity index (χ1n) is 10.0. The molecule has 0 bridgehead atoms. The molecule has 4 rings (SSSR count). The van der Waals surface area contributed by atoms with E-state index in [9.17, 15) is 4.79 Å². The van der Waals surface area contributed by atoms with Crippen LogP contribution in [0.5, 0.6) is 0 Å². The van der Waals surface area contributed by atoms with Gasteiger partial charge in [-0.25, -0.2) is 5.43 Å².